The molecule has 160 valence electrons. The molecule has 7 nitrogen and oxygen atoms in total. The summed E-state index contributed by atoms with van der Waals surface area (Å²) >= 11 is 6.10. The lowest BCUT2D eigenvalue weighted by molar-refractivity contribution is 0.413. The molecule has 10 heteroatoms. The van der Waals surface area contributed by atoms with Crippen LogP contribution in [0.4, 0.5) is 10.1 Å². The number of nitrogens with one attached hydrogen (secondary N) is 1. The number of methoxy groups -OCH3 is 1. The molecular formula is C19H26ClFN4O3S. The fraction of sp³-hybridized carbons (Fsp3) is 0.368. The number of halogens is 2. The van der Waals surface area contributed by atoms with Gasteiger partial charge in [-0.05, 0) is 54.7 Å². The maximum atomic E-state index is 14.1. The third-order valence-electron chi connectivity index (χ3n) is 4.74. The predicted octanol–water partition coefficient (Wildman–Crippen LogP) is 2.21. The van der Waals surface area contributed by atoms with Crippen LogP contribution in [0, 0.1) is 11.7 Å². The maximum Gasteiger partial charge on any atom is 0.241 e. The lowest BCUT2D eigenvalue weighted by atomic mass is 9.90. The summed E-state index contributed by atoms with van der Waals surface area (Å²) in [7, 11) is -2.61. The first-order chi connectivity index (χ1) is 13.6. The molecule has 0 aliphatic rings. The average molecular weight is 445 g/mol. The van der Waals surface area contributed by atoms with Crippen molar-refractivity contribution in [1.29, 1.82) is 0 Å². The zero-order valence-electron chi connectivity index (χ0n) is 16.3. The highest BCUT2D eigenvalue weighted by molar-refractivity contribution is 7.89. The molecule has 0 aliphatic carbocycles. The molecule has 0 spiro atoms. The van der Waals surface area contributed by atoms with E-state index >= 15 is 0 Å². The summed E-state index contributed by atoms with van der Waals surface area (Å²) in [4.78, 5) is -0.650. The number of ether oxygens (including phenoxy) is 1. The van der Waals surface area contributed by atoms with Crippen LogP contribution in [-0.4, -0.2) is 28.1 Å². The second-order valence-corrected chi connectivity index (χ2v) is 8.79. The Morgan fingerprint density at radius 3 is 2.48 bits per heavy atom. The van der Waals surface area contributed by atoms with Crippen LogP contribution in [0.15, 0.2) is 35.2 Å². The third-order valence-corrected chi connectivity index (χ3v) is 5.98. The van der Waals surface area contributed by atoms with E-state index in [2.05, 4.69) is 5.32 Å². The summed E-state index contributed by atoms with van der Waals surface area (Å²) in [5.74, 6) is -0.273. The van der Waals surface area contributed by atoms with Crippen molar-refractivity contribution in [3.05, 3.63) is 52.3 Å². The van der Waals surface area contributed by atoms with Crippen molar-refractivity contribution < 1.29 is 17.5 Å². The Morgan fingerprint density at radius 1 is 1.24 bits per heavy atom. The smallest absolute Gasteiger partial charge is 0.241 e. The number of hydrogen-bond acceptors (Lipinski definition) is 6. The van der Waals surface area contributed by atoms with E-state index in [4.69, 9.17) is 32.9 Å². The first-order valence-electron chi connectivity index (χ1n) is 8.94. The Balaban J connectivity index is 2.20. The van der Waals surface area contributed by atoms with Crippen molar-refractivity contribution in [2.24, 2.45) is 22.5 Å². The second kappa shape index (κ2) is 9.73. The van der Waals surface area contributed by atoms with Gasteiger partial charge in [0.05, 0.1) is 17.8 Å². The fourth-order valence-corrected chi connectivity index (χ4v) is 3.88. The molecular weight excluding hydrogens is 419 g/mol. The lowest BCUT2D eigenvalue weighted by Crippen LogP contribution is -2.34. The van der Waals surface area contributed by atoms with E-state index in [0.717, 1.165) is 29.0 Å². The summed E-state index contributed by atoms with van der Waals surface area (Å²) in [6.45, 7) is 2.63. The Bertz CT molecular complexity index is 970. The van der Waals surface area contributed by atoms with E-state index in [1.807, 2.05) is 25.1 Å². The zero-order valence-corrected chi connectivity index (χ0v) is 17.9. The van der Waals surface area contributed by atoms with Gasteiger partial charge in [0.1, 0.15) is 16.5 Å². The first kappa shape index (κ1) is 23.4. The molecule has 0 fully saturated rings. The molecule has 2 aromatic rings. The number of hydrogen-bond donors (Lipinski definition) is 4. The van der Waals surface area contributed by atoms with Crippen LogP contribution in [0.25, 0.3) is 0 Å². The van der Waals surface area contributed by atoms with E-state index in [1.165, 1.54) is 0 Å². The maximum absolute atomic E-state index is 14.1. The van der Waals surface area contributed by atoms with Crippen LogP contribution in [-0.2, 0) is 23.0 Å². The van der Waals surface area contributed by atoms with Gasteiger partial charge >= 0.3 is 0 Å². The highest BCUT2D eigenvalue weighted by Crippen LogP contribution is 2.28. The van der Waals surface area contributed by atoms with Crippen LogP contribution < -0.4 is 26.7 Å². The minimum absolute atomic E-state index is 0.0225. The molecule has 2 rings (SSSR count). The van der Waals surface area contributed by atoms with Crippen molar-refractivity contribution >= 4 is 27.3 Å². The summed E-state index contributed by atoms with van der Waals surface area (Å²) in [5, 5.41) is 8.09. The third kappa shape index (κ3) is 6.03. The van der Waals surface area contributed by atoms with Gasteiger partial charge in [-0.15, -0.1) is 0 Å². The van der Waals surface area contributed by atoms with Crippen LogP contribution in [0.2, 0.25) is 5.02 Å². The monoisotopic (exact) mass is 444 g/mol. The van der Waals surface area contributed by atoms with Crippen molar-refractivity contribution in [3.8, 4) is 5.75 Å². The number of nitrogens with two attached hydrogens (primary N) is 3. The Hall–Kier alpha value is -1.91. The van der Waals surface area contributed by atoms with Gasteiger partial charge in [0, 0.05) is 19.1 Å². The topological polar surface area (TPSA) is 133 Å². The van der Waals surface area contributed by atoms with Gasteiger partial charge in [-0.2, -0.15) is 0 Å². The molecule has 0 saturated heterocycles. The molecule has 0 bridgehead atoms. The minimum Gasteiger partial charge on any atom is -0.497 e. The highest BCUT2D eigenvalue weighted by atomic mass is 35.5. The summed E-state index contributed by atoms with van der Waals surface area (Å²) in [6.07, 6.45) is 0.635. The van der Waals surface area contributed by atoms with Crippen molar-refractivity contribution in [1.82, 2.24) is 0 Å². The van der Waals surface area contributed by atoms with Crippen LogP contribution in [0.1, 0.15) is 18.1 Å². The van der Waals surface area contributed by atoms with Gasteiger partial charge in [0.25, 0.3) is 0 Å². The van der Waals surface area contributed by atoms with E-state index in [-0.39, 0.29) is 22.7 Å². The molecule has 0 aromatic heterocycles. The summed E-state index contributed by atoms with van der Waals surface area (Å²) in [5.41, 5.74) is 14.3. The molecule has 0 aliphatic heterocycles. The molecule has 0 radical (unpaired) electrons. The number of anilines is 1. The SMILES string of the molecule is COc1ccc(C[C@@H](CNc2cc(F)c(S(N)(=O)=O)cc2Cl)[C@@H](C)N)c(CN)c1. The van der Waals surface area contributed by atoms with Gasteiger partial charge in [-0.25, -0.2) is 17.9 Å². The normalized spacial score (nSPS) is 13.8. The van der Waals surface area contributed by atoms with Crippen LogP contribution in [0.5, 0.6) is 5.75 Å². The Labute approximate surface area is 175 Å². The molecule has 2 atom stereocenters. The van der Waals surface area contributed by atoms with Gasteiger partial charge < -0.3 is 21.5 Å². The number of sulfonamides is 1. The van der Waals surface area contributed by atoms with Crippen molar-refractivity contribution in [2.45, 2.75) is 30.8 Å². The van der Waals surface area contributed by atoms with Crippen molar-refractivity contribution in [3.63, 3.8) is 0 Å². The largest absolute Gasteiger partial charge is 0.497 e. The van der Waals surface area contributed by atoms with Crippen LogP contribution >= 0.6 is 11.6 Å². The zero-order chi connectivity index (χ0) is 21.8. The van der Waals surface area contributed by atoms with Crippen LogP contribution in [0.3, 0.4) is 0 Å². The predicted molar refractivity (Wildman–Crippen MR) is 113 cm³/mol. The highest BCUT2D eigenvalue weighted by Gasteiger charge is 2.20. The summed E-state index contributed by atoms with van der Waals surface area (Å²) < 4.78 is 42.2. The molecule has 0 amide bonds. The quantitative estimate of drug-likeness (QED) is 0.468. The van der Waals surface area contributed by atoms with E-state index in [9.17, 15) is 12.8 Å². The summed E-state index contributed by atoms with van der Waals surface area (Å²) in [6, 6.07) is 7.52. The van der Waals surface area contributed by atoms with Gasteiger partial charge in [-0.3, -0.25) is 0 Å². The van der Waals surface area contributed by atoms with Crippen molar-refractivity contribution in [2.75, 3.05) is 19.0 Å². The lowest BCUT2D eigenvalue weighted by Gasteiger charge is -2.24. The Kier molecular flexibility index (Phi) is 7.84. The molecule has 2 aromatic carbocycles. The Morgan fingerprint density at radius 2 is 1.93 bits per heavy atom. The first-order valence-corrected chi connectivity index (χ1v) is 10.9. The fourth-order valence-electron chi connectivity index (χ4n) is 2.97. The molecule has 0 unspecified atom stereocenters. The number of primary sulfonamides is 1. The van der Waals surface area contributed by atoms with E-state index < -0.39 is 20.7 Å². The van der Waals surface area contributed by atoms with Gasteiger partial charge in [-0.1, -0.05) is 17.7 Å². The van der Waals surface area contributed by atoms with E-state index in [1.54, 1.807) is 7.11 Å². The molecule has 0 saturated carbocycles. The second-order valence-electron chi connectivity index (χ2n) is 6.85. The number of benzene rings is 2. The molecule has 7 N–H and O–H groups in total. The average Bonchev–Trinajstić information content (AvgIpc) is 2.66. The molecule has 0 heterocycles. The number of rotatable bonds is 9. The van der Waals surface area contributed by atoms with Gasteiger partial charge in [0.15, 0.2) is 0 Å². The standard InChI is InChI=1S/C19H26ClFN4O3S/c1-11(23)14(5-12-3-4-15(28-2)6-13(12)9-22)10-25-18-8-17(21)19(7-16(18)20)29(24,26)27/h3-4,6-8,11,14,25H,5,9-10,22-23H2,1-2H3,(H2,24,26,27)/t11-,14+/m1/s1. The van der Waals surface area contributed by atoms with E-state index in [0.29, 0.717) is 19.5 Å². The minimum atomic E-state index is -4.20. The van der Waals surface area contributed by atoms with Gasteiger partial charge in [0.2, 0.25) is 10.0 Å². The molecule has 29 heavy (non-hydrogen) atoms.